The number of aromatic nitrogens is 3. The van der Waals surface area contributed by atoms with Crippen molar-refractivity contribution >= 4 is 23.4 Å². The van der Waals surface area contributed by atoms with Gasteiger partial charge in [0, 0.05) is 25.3 Å². The number of carbonyl (C=O) groups excluding carboxylic acids is 1. The van der Waals surface area contributed by atoms with E-state index in [1.165, 1.54) is 35.1 Å². The molecular weight excluding hydrogens is 348 g/mol. The molecule has 0 unspecified atom stereocenters. The average Bonchev–Trinajstić information content (AvgIpc) is 2.87. The van der Waals surface area contributed by atoms with Crippen LogP contribution in [0.3, 0.4) is 0 Å². The first-order chi connectivity index (χ1) is 11.2. The van der Waals surface area contributed by atoms with Gasteiger partial charge in [-0.2, -0.15) is 18.3 Å². The highest BCUT2D eigenvalue weighted by molar-refractivity contribution is 8.00. The zero-order valence-electron chi connectivity index (χ0n) is 12.8. The molecule has 0 fully saturated rings. The lowest BCUT2D eigenvalue weighted by molar-refractivity contribution is -0.117. The monoisotopic (exact) mass is 362 g/mol. The molecule has 2 aromatic rings. The van der Waals surface area contributed by atoms with E-state index in [2.05, 4.69) is 10.1 Å². The normalized spacial score (nSPS) is 11.6. The summed E-state index contributed by atoms with van der Waals surface area (Å²) in [5.41, 5.74) is -3.07. The fourth-order valence-electron chi connectivity index (χ4n) is 1.99. The number of rotatable bonds is 5. The minimum atomic E-state index is -4.36. The Kier molecular flexibility index (Phi) is 5.47. The molecule has 0 N–H and O–H groups in total. The van der Waals surface area contributed by atoms with Crippen molar-refractivity contribution in [2.75, 3.05) is 17.7 Å². The summed E-state index contributed by atoms with van der Waals surface area (Å²) in [5.74, 6) is -1.35. The van der Waals surface area contributed by atoms with Crippen LogP contribution in [0.2, 0.25) is 0 Å². The Morgan fingerprint density at radius 1 is 1.38 bits per heavy atom. The summed E-state index contributed by atoms with van der Waals surface area (Å²) in [5, 5.41) is 4.18. The van der Waals surface area contributed by atoms with Crippen molar-refractivity contribution in [2.24, 2.45) is 0 Å². The van der Waals surface area contributed by atoms with Gasteiger partial charge in [0.05, 0.1) is 35.7 Å². The van der Waals surface area contributed by atoms with Crippen LogP contribution in [0, 0.1) is 12.7 Å². The predicted octanol–water partition coefficient (Wildman–Crippen LogP) is 3.32. The molecule has 0 saturated carbocycles. The molecule has 1 amide bonds. The van der Waals surface area contributed by atoms with Crippen LogP contribution in [0.25, 0.3) is 5.69 Å². The van der Waals surface area contributed by atoms with Crippen molar-refractivity contribution in [2.45, 2.75) is 18.9 Å². The topological polar surface area (TPSA) is 51.0 Å². The van der Waals surface area contributed by atoms with E-state index in [4.69, 9.17) is 0 Å². The number of carbonyl (C=O) groups is 1. The van der Waals surface area contributed by atoms with Crippen molar-refractivity contribution in [3.8, 4) is 5.69 Å². The van der Waals surface area contributed by atoms with Crippen molar-refractivity contribution in [1.82, 2.24) is 14.8 Å². The van der Waals surface area contributed by atoms with Crippen molar-refractivity contribution in [1.29, 1.82) is 0 Å². The summed E-state index contributed by atoms with van der Waals surface area (Å²) in [4.78, 5) is 17.0. The molecule has 0 saturated heterocycles. The second-order valence-corrected chi connectivity index (χ2v) is 6.06. The maximum Gasteiger partial charge on any atom is 0.441 e. The van der Waals surface area contributed by atoms with Gasteiger partial charge < -0.3 is 4.90 Å². The van der Waals surface area contributed by atoms with E-state index in [0.717, 1.165) is 6.20 Å². The fourth-order valence-corrected chi connectivity index (χ4v) is 2.50. The summed E-state index contributed by atoms with van der Waals surface area (Å²) >= 11 is -0.236. The van der Waals surface area contributed by atoms with Gasteiger partial charge in [-0.05, 0) is 6.92 Å². The van der Waals surface area contributed by atoms with Crippen LogP contribution < -0.4 is 4.90 Å². The minimum absolute atomic E-state index is 0.236. The van der Waals surface area contributed by atoms with Gasteiger partial charge in [-0.25, -0.2) is 9.07 Å². The van der Waals surface area contributed by atoms with Crippen LogP contribution in [0.1, 0.15) is 12.1 Å². The van der Waals surface area contributed by atoms with Gasteiger partial charge in [0.15, 0.2) is 0 Å². The number of alkyl halides is 3. The molecular formula is C14H14F4N4OS. The van der Waals surface area contributed by atoms with Crippen LogP contribution in [0.15, 0.2) is 24.7 Å². The molecule has 0 aromatic carbocycles. The summed E-state index contributed by atoms with van der Waals surface area (Å²) in [7, 11) is 1.46. The minimum Gasteiger partial charge on any atom is -0.312 e. The fraction of sp³-hybridized carbons (Fsp3) is 0.357. The van der Waals surface area contributed by atoms with Gasteiger partial charge in [0.1, 0.15) is 5.82 Å². The number of nitrogens with zero attached hydrogens (tertiary/aromatic N) is 4. The molecule has 0 aliphatic rings. The Balaban J connectivity index is 2.10. The van der Waals surface area contributed by atoms with Gasteiger partial charge in [-0.15, -0.1) is 0 Å². The number of hydrogen-bond acceptors (Lipinski definition) is 4. The first kappa shape index (κ1) is 18.2. The smallest absolute Gasteiger partial charge is 0.312 e. The molecule has 0 radical (unpaired) electrons. The lowest BCUT2D eigenvalue weighted by Crippen LogP contribution is -2.27. The van der Waals surface area contributed by atoms with E-state index in [-0.39, 0.29) is 23.9 Å². The Morgan fingerprint density at radius 3 is 2.71 bits per heavy atom. The lowest BCUT2D eigenvalue weighted by atomic mass is 10.3. The number of halogens is 4. The first-order valence-corrected chi connectivity index (χ1v) is 7.80. The molecule has 10 heteroatoms. The third-order valence-corrected chi connectivity index (χ3v) is 3.88. The van der Waals surface area contributed by atoms with Crippen LogP contribution in [-0.4, -0.2) is 39.0 Å². The van der Waals surface area contributed by atoms with E-state index >= 15 is 0 Å². The van der Waals surface area contributed by atoms with Crippen molar-refractivity contribution in [3.63, 3.8) is 0 Å². The van der Waals surface area contributed by atoms with Gasteiger partial charge in [-0.3, -0.25) is 9.78 Å². The van der Waals surface area contributed by atoms with Crippen LogP contribution >= 0.6 is 11.8 Å². The molecule has 0 aliphatic heterocycles. The number of hydrogen-bond donors (Lipinski definition) is 0. The first-order valence-electron chi connectivity index (χ1n) is 6.82. The lowest BCUT2D eigenvalue weighted by Gasteiger charge is -2.16. The average molecular weight is 362 g/mol. The van der Waals surface area contributed by atoms with E-state index < -0.39 is 17.2 Å². The molecule has 2 aromatic heterocycles. The van der Waals surface area contributed by atoms with Crippen LogP contribution in [0.5, 0.6) is 0 Å². The van der Waals surface area contributed by atoms with Crippen molar-refractivity contribution in [3.05, 3.63) is 36.2 Å². The Morgan fingerprint density at radius 2 is 2.08 bits per heavy atom. The van der Waals surface area contributed by atoms with E-state index in [1.54, 1.807) is 6.92 Å². The van der Waals surface area contributed by atoms with Crippen LogP contribution in [-0.2, 0) is 4.79 Å². The molecule has 2 rings (SSSR count). The third kappa shape index (κ3) is 4.70. The number of aryl methyl sites for hydroxylation is 1. The molecule has 5 nitrogen and oxygen atoms in total. The molecule has 0 bridgehead atoms. The summed E-state index contributed by atoms with van der Waals surface area (Å²) in [6.45, 7) is 1.65. The molecule has 24 heavy (non-hydrogen) atoms. The summed E-state index contributed by atoms with van der Waals surface area (Å²) < 4.78 is 50.9. The molecule has 0 atom stereocenters. The highest BCUT2D eigenvalue weighted by atomic mass is 32.2. The summed E-state index contributed by atoms with van der Waals surface area (Å²) in [6.07, 6.45) is 3.70. The predicted molar refractivity (Wildman–Crippen MR) is 82.6 cm³/mol. The van der Waals surface area contributed by atoms with Gasteiger partial charge >= 0.3 is 5.51 Å². The van der Waals surface area contributed by atoms with E-state index in [1.807, 2.05) is 0 Å². The van der Waals surface area contributed by atoms with Crippen molar-refractivity contribution < 1.29 is 22.4 Å². The van der Waals surface area contributed by atoms with E-state index in [9.17, 15) is 22.4 Å². The van der Waals surface area contributed by atoms with Gasteiger partial charge in [-0.1, -0.05) is 11.8 Å². The second-order valence-electron chi connectivity index (χ2n) is 4.90. The number of pyridine rings is 1. The highest BCUT2D eigenvalue weighted by Crippen LogP contribution is 2.31. The quantitative estimate of drug-likeness (QED) is 0.766. The van der Waals surface area contributed by atoms with Gasteiger partial charge in [0.25, 0.3) is 0 Å². The molecule has 2 heterocycles. The van der Waals surface area contributed by atoms with E-state index in [0.29, 0.717) is 17.1 Å². The van der Waals surface area contributed by atoms with Crippen LogP contribution in [0.4, 0.5) is 23.2 Å². The second kappa shape index (κ2) is 7.20. The molecule has 0 aliphatic carbocycles. The standard InChI is InChI=1S/C14H14F4N4OS/c1-9-12(21(2)13(23)3-4-24-14(16,17)18)8-22(20-9)11-5-10(15)6-19-7-11/h5-8H,3-4H2,1-2H3. The number of anilines is 1. The van der Waals surface area contributed by atoms with Gasteiger partial charge in [0.2, 0.25) is 5.91 Å². The third-order valence-electron chi connectivity index (χ3n) is 3.15. The number of amides is 1. The molecule has 130 valence electrons. The number of thioether (sulfide) groups is 1. The highest BCUT2D eigenvalue weighted by Gasteiger charge is 2.28. The maximum absolute atomic E-state index is 13.2. The Hall–Kier alpha value is -2.10. The maximum atomic E-state index is 13.2. The zero-order valence-corrected chi connectivity index (χ0v) is 13.7. The SMILES string of the molecule is Cc1nn(-c2cncc(F)c2)cc1N(C)C(=O)CCSC(F)(F)F. The molecule has 0 spiro atoms. The summed E-state index contributed by atoms with van der Waals surface area (Å²) in [6, 6.07) is 1.23. The Labute approximate surface area is 139 Å². The zero-order chi connectivity index (χ0) is 17.9. The Bertz CT molecular complexity index is 732. The largest absolute Gasteiger partial charge is 0.441 e.